The summed E-state index contributed by atoms with van der Waals surface area (Å²) in [5, 5.41) is 11.9. The number of carbonyl (C=O) groups excluding carboxylic acids is 1. The van der Waals surface area contributed by atoms with E-state index in [1.54, 1.807) is 18.5 Å². The fourth-order valence-electron chi connectivity index (χ4n) is 4.53. The summed E-state index contributed by atoms with van der Waals surface area (Å²) < 4.78 is 7.25. The van der Waals surface area contributed by atoms with Crippen LogP contribution in [0.4, 0.5) is 5.95 Å². The molecule has 0 amide bonds. The Labute approximate surface area is 199 Å². The van der Waals surface area contributed by atoms with Crippen LogP contribution >= 0.6 is 11.3 Å². The normalized spacial score (nSPS) is 18.7. The summed E-state index contributed by atoms with van der Waals surface area (Å²) in [7, 11) is 0. The summed E-state index contributed by atoms with van der Waals surface area (Å²) >= 11 is 1.31. The predicted octanol–water partition coefficient (Wildman–Crippen LogP) is 2.60. The average molecular weight is 484 g/mol. The van der Waals surface area contributed by atoms with Crippen molar-refractivity contribution in [3.05, 3.63) is 39.3 Å². The fraction of sp³-hybridized carbons (Fsp3) is 0.478. The largest absolute Gasteiger partial charge is 0.477 e. The Balaban J connectivity index is 1.38. The zero-order chi connectivity index (χ0) is 23.8. The smallest absolute Gasteiger partial charge is 0.341 e. The first-order chi connectivity index (χ1) is 16.4. The van der Waals surface area contributed by atoms with Gasteiger partial charge in [0.2, 0.25) is 11.4 Å². The lowest BCUT2D eigenvalue weighted by atomic mass is 9.91. The van der Waals surface area contributed by atoms with Crippen LogP contribution in [0.5, 0.6) is 0 Å². The van der Waals surface area contributed by atoms with Gasteiger partial charge in [-0.05, 0) is 32.6 Å². The van der Waals surface area contributed by atoms with E-state index < -0.39 is 11.4 Å². The van der Waals surface area contributed by atoms with E-state index in [0.29, 0.717) is 41.9 Å². The van der Waals surface area contributed by atoms with E-state index in [9.17, 15) is 19.5 Å². The van der Waals surface area contributed by atoms with Gasteiger partial charge >= 0.3 is 5.97 Å². The molecule has 5 rings (SSSR count). The molecule has 0 aromatic carbocycles. The molecule has 0 saturated carbocycles. The van der Waals surface area contributed by atoms with Gasteiger partial charge in [0.1, 0.15) is 11.3 Å². The minimum absolute atomic E-state index is 0.0706. The second kappa shape index (κ2) is 9.22. The lowest BCUT2D eigenvalue weighted by molar-refractivity contribution is -0.124. The molecular formula is C23H25N5O5S. The molecule has 1 atom stereocenters. The summed E-state index contributed by atoms with van der Waals surface area (Å²) in [5.74, 6) is -0.742. The summed E-state index contributed by atoms with van der Waals surface area (Å²) in [4.78, 5) is 52.4. The number of aryl methyl sites for hydroxylation is 1. The van der Waals surface area contributed by atoms with Gasteiger partial charge in [-0.2, -0.15) is 4.98 Å². The number of hydrogen-bond acceptors (Lipinski definition) is 9. The fourth-order valence-corrected chi connectivity index (χ4v) is 5.15. The van der Waals surface area contributed by atoms with Gasteiger partial charge in [-0.3, -0.25) is 14.2 Å². The molecule has 34 heavy (non-hydrogen) atoms. The molecule has 0 radical (unpaired) electrons. The number of fused-ring (bicyclic) bond motifs is 1. The first kappa shape index (κ1) is 22.6. The van der Waals surface area contributed by atoms with Crippen molar-refractivity contribution in [3.8, 4) is 5.13 Å². The molecule has 1 N–H and O–H groups in total. The Hall–Kier alpha value is -3.18. The molecule has 2 saturated heterocycles. The number of carbonyl (C=O) groups is 2. The number of pyridine rings is 1. The van der Waals surface area contributed by atoms with Crippen LogP contribution in [0.3, 0.4) is 0 Å². The number of anilines is 1. The Bertz CT molecular complexity index is 1290. The standard InChI is InChI=1S/C23H25N5O5S/c1-13-18-19(30)16(21(31)32)12-28(23-24-7-9-34-23)20(18)26-22(25-13)27-10-14(11-27)17(29)6-5-15-4-2-3-8-33-15/h7,9,12,14-15H,2-6,8,10-11H2,1H3,(H,31,32)/t15-/m0/s1. The number of hydrogen-bond donors (Lipinski definition) is 1. The molecule has 0 unspecified atom stereocenters. The van der Waals surface area contributed by atoms with Crippen LogP contribution in [0.1, 0.15) is 48.2 Å². The SMILES string of the molecule is Cc1nc(N2CC(C(=O)CC[C@@H]3CCCCO3)C2)nc2c1c(=O)c(C(=O)O)cn2-c1nccs1. The molecule has 11 heteroatoms. The molecule has 10 nitrogen and oxygen atoms in total. The topological polar surface area (TPSA) is 128 Å². The van der Waals surface area contributed by atoms with E-state index in [-0.39, 0.29) is 28.8 Å². The summed E-state index contributed by atoms with van der Waals surface area (Å²) in [6, 6.07) is 0. The molecule has 2 aliphatic heterocycles. The first-order valence-electron chi connectivity index (χ1n) is 11.4. The second-order valence-corrected chi connectivity index (χ2v) is 9.64. The summed E-state index contributed by atoms with van der Waals surface area (Å²) in [6.07, 6.45) is 7.63. The second-order valence-electron chi connectivity index (χ2n) is 8.76. The highest BCUT2D eigenvalue weighted by Gasteiger charge is 2.35. The number of carboxylic acids is 1. The molecule has 3 aromatic rings. The first-order valence-corrected chi connectivity index (χ1v) is 12.3. The molecule has 0 aliphatic carbocycles. The molecule has 2 fully saturated rings. The van der Waals surface area contributed by atoms with Crippen molar-refractivity contribution >= 4 is 40.1 Å². The number of Topliss-reactive ketones (excluding diaryl/α,β-unsaturated/α-hetero) is 1. The minimum atomic E-state index is -1.32. The highest BCUT2D eigenvalue weighted by molar-refractivity contribution is 7.12. The van der Waals surface area contributed by atoms with Gasteiger partial charge in [0, 0.05) is 43.9 Å². The van der Waals surface area contributed by atoms with Crippen molar-refractivity contribution in [2.24, 2.45) is 5.92 Å². The maximum Gasteiger partial charge on any atom is 0.341 e. The van der Waals surface area contributed by atoms with Gasteiger partial charge in [-0.25, -0.2) is 14.8 Å². The zero-order valence-corrected chi connectivity index (χ0v) is 19.6. The van der Waals surface area contributed by atoms with E-state index in [4.69, 9.17) is 4.74 Å². The van der Waals surface area contributed by atoms with E-state index in [1.165, 1.54) is 22.1 Å². The van der Waals surface area contributed by atoms with Gasteiger partial charge in [0.15, 0.2) is 10.8 Å². The quantitative estimate of drug-likeness (QED) is 0.539. The Kier molecular flexibility index (Phi) is 6.13. The van der Waals surface area contributed by atoms with Crippen molar-refractivity contribution in [3.63, 3.8) is 0 Å². The van der Waals surface area contributed by atoms with E-state index in [0.717, 1.165) is 32.3 Å². The van der Waals surface area contributed by atoms with Gasteiger partial charge in [-0.1, -0.05) is 0 Å². The van der Waals surface area contributed by atoms with Crippen molar-refractivity contribution < 1.29 is 19.4 Å². The maximum absolute atomic E-state index is 12.9. The van der Waals surface area contributed by atoms with Crippen LogP contribution in [0.2, 0.25) is 0 Å². The molecule has 0 spiro atoms. The third kappa shape index (κ3) is 4.21. The number of rotatable bonds is 7. The van der Waals surface area contributed by atoms with E-state index in [2.05, 4.69) is 15.0 Å². The molecule has 178 valence electrons. The molecule has 3 aromatic heterocycles. The van der Waals surface area contributed by atoms with Crippen molar-refractivity contribution in [1.29, 1.82) is 0 Å². The van der Waals surface area contributed by atoms with Crippen LogP contribution in [-0.2, 0) is 9.53 Å². The van der Waals surface area contributed by atoms with Crippen LogP contribution in [-0.4, -0.2) is 62.2 Å². The zero-order valence-electron chi connectivity index (χ0n) is 18.8. The molecular weight excluding hydrogens is 458 g/mol. The number of nitrogens with zero attached hydrogens (tertiary/aromatic N) is 5. The van der Waals surface area contributed by atoms with Gasteiger partial charge in [0.25, 0.3) is 0 Å². The van der Waals surface area contributed by atoms with Crippen molar-refractivity contribution in [2.75, 3.05) is 24.6 Å². The van der Waals surface area contributed by atoms with Gasteiger partial charge < -0.3 is 14.7 Å². The van der Waals surface area contributed by atoms with Crippen molar-refractivity contribution in [2.45, 2.75) is 45.1 Å². The minimum Gasteiger partial charge on any atom is -0.477 e. The molecule has 0 bridgehead atoms. The Morgan fingerprint density at radius 2 is 2.09 bits per heavy atom. The van der Waals surface area contributed by atoms with E-state index >= 15 is 0 Å². The number of carboxylic acid groups (broad SMARTS) is 1. The van der Waals surface area contributed by atoms with Crippen LogP contribution in [0, 0.1) is 12.8 Å². The van der Waals surface area contributed by atoms with Crippen LogP contribution in [0.15, 0.2) is 22.6 Å². The van der Waals surface area contributed by atoms with Gasteiger partial charge in [-0.15, -0.1) is 11.3 Å². The predicted molar refractivity (Wildman–Crippen MR) is 126 cm³/mol. The third-order valence-electron chi connectivity index (χ3n) is 6.48. The number of aromatic carboxylic acids is 1. The monoisotopic (exact) mass is 483 g/mol. The lowest BCUT2D eigenvalue weighted by Gasteiger charge is -2.38. The highest BCUT2D eigenvalue weighted by Crippen LogP contribution is 2.28. The Morgan fingerprint density at radius 1 is 1.26 bits per heavy atom. The summed E-state index contributed by atoms with van der Waals surface area (Å²) in [6.45, 7) is 3.49. The molecule has 2 aliphatic rings. The lowest BCUT2D eigenvalue weighted by Crippen LogP contribution is -2.51. The maximum atomic E-state index is 12.9. The molecule has 5 heterocycles. The number of aromatic nitrogens is 4. The Morgan fingerprint density at radius 3 is 2.76 bits per heavy atom. The highest BCUT2D eigenvalue weighted by atomic mass is 32.1. The summed E-state index contributed by atoms with van der Waals surface area (Å²) in [5.41, 5.74) is -0.293. The van der Waals surface area contributed by atoms with Crippen molar-refractivity contribution in [1.82, 2.24) is 19.5 Å². The van der Waals surface area contributed by atoms with Crippen LogP contribution in [0.25, 0.3) is 16.2 Å². The van der Waals surface area contributed by atoms with Crippen LogP contribution < -0.4 is 10.3 Å². The number of ketones is 1. The van der Waals surface area contributed by atoms with E-state index in [1.807, 2.05) is 4.90 Å². The number of ether oxygens (including phenoxy) is 1. The number of thiazole rings is 1. The van der Waals surface area contributed by atoms with Gasteiger partial charge in [0.05, 0.1) is 23.1 Å². The third-order valence-corrected chi connectivity index (χ3v) is 7.25. The average Bonchev–Trinajstić information content (AvgIpc) is 3.32.